The molecule has 1 atom stereocenters. The largest absolute Gasteiger partial charge is 0.497 e. The molecule has 1 heterocycles. The fourth-order valence-electron chi connectivity index (χ4n) is 2.50. The molecule has 1 unspecified atom stereocenters. The Hall–Kier alpha value is -0.870. The van der Waals surface area contributed by atoms with E-state index < -0.39 is 31.8 Å². The van der Waals surface area contributed by atoms with Crippen molar-refractivity contribution < 1.29 is 21.6 Å². The van der Waals surface area contributed by atoms with E-state index in [-0.39, 0.29) is 16.5 Å². The van der Waals surface area contributed by atoms with Crippen molar-refractivity contribution >= 4 is 31.6 Å². The molecule has 2 N–H and O–H groups in total. The van der Waals surface area contributed by atoms with Crippen LogP contribution in [0.3, 0.4) is 0 Å². The Bertz CT molecular complexity index is 764. The van der Waals surface area contributed by atoms with Crippen molar-refractivity contribution in [3.05, 3.63) is 23.2 Å². The van der Waals surface area contributed by atoms with Crippen LogP contribution in [-0.4, -0.2) is 46.6 Å². The highest BCUT2D eigenvalue weighted by molar-refractivity contribution is 7.90. The van der Waals surface area contributed by atoms with E-state index in [1.165, 1.54) is 19.2 Å². The van der Waals surface area contributed by atoms with Crippen LogP contribution in [-0.2, 0) is 20.0 Å². The van der Waals surface area contributed by atoms with Crippen molar-refractivity contribution in [3.63, 3.8) is 0 Å². The molecular formula is C12H17ClN2O5S2. The number of hydrogen-bond acceptors (Lipinski definition) is 5. The SMILES string of the molecule is COc1ccc(Cl)c(S(=O)(=O)N2CCCC2CS(N)(=O)=O)c1. The van der Waals surface area contributed by atoms with Crippen molar-refractivity contribution in [1.82, 2.24) is 4.31 Å². The van der Waals surface area contributed by atoms with Crippen molar-refractivity contribution in [2.24, 2.45) is 5.14 Å². The maximum atomic E-state index is 12.8. The van der Waals surface area contributed by atoms with Crippen LogP contribution in [0.25, 0.3) is 0 Å². The van der Waals surface area contributed by atoms with Crippen LogP contribution in [0.5, 0.6) is 5.75 Å². The zero-order valence-corrected chi connectivity index (χ0v) is 14.3. The van der Waals surface area contributed by atoms with Crippen LogP contribution in [0, 0.1) is 0 Å². The van der Waals surface area contributed by atoms with E-state index in [1.807, 2.05) is 0 Å². The van der Waals surface area contributed by atoms with E-state index in [1.54, 1.807) is 6.07 Å². The molecule has 22 heavy (non-hydrogen) atoms. The van der Waals surface area contributed by atoms with Gasteiger partial charge >= 0.3 is 0 Å². The summed E-state index contributed by atoms with van der Waals surface area (Å²) >= 11 is 5.99. The first-order valence-corrected chi connectivity index (χ1v) is 10.0. The highest BCUT2D eigenvalue weighted by Gasteiger charge is 2.38. The van der Waals surface area contributed by atoms with Crippen LogP contribution in [0.4, 0.5) is 0 Å². The van der Waals surface area contributed by atoms with Crippen molar-refractivity contribution in [1.29, 1.82) is 0 Å². The number of sulfonamides is 2. The quantitative estimate of drug-likeness (QED) is 0.826. The van der Waals surface area contributed by atoms with E-state index in [0.29, 0.717) is 18.6 Å². The normalized spacial score (nSPS) is 20.2. The molecule has 1 aromatic rings. The zero-order valence-electron chi connectivity index (χ0n) is 11.9. The van der Waals surface area contributed by atoms with Crippen LogP contribution in [0.15, 0.2) is 23.1 Å². The van der Waals surface area contributed by atoms with Gasteiger partial charge in [0.05, 0.1) is 17.9 Å². The van der Waals surface area contributed by atoms with E-state index in [0.717, 1.165) is 4.31 Å². The second kappa shape index (κ2) is 6.32. The highest BCUT2D eigenvalue weighted by atomic mass is 35.5. The molecule has 0 radical (unpaired) electrons. The molecule has 0 aliphatic carbocycles. The number of primary sulfonamides is 1. The van der Waals surface area contributed by atoms with Gasteiger partial charge in [0.15, 0.2) is 0 Å². The Morgan fingerprint density at radius 2 is 2.05 bits per heavy atom. The van der Waals surface area contributed by atoms with Gasteiger partial charge in [-0.3, -0.25) is 0 Å². The molecule has 7 nitrogen and oxygen atoms in total. The third kappa shape index (κ3) is 3.72. The molecule has 0 spiro atoms. The lowest BCUT2D eigenvalue weighted by molar-refractivity contribution is 0.403. The van der Waals surface area contributed by atoms with Crippen LogP contribution >= 0.6 is 11.6 Å². The number of hydrogen-bond donors (Lipinski definition) is 1. The van der Waals surface area contributed by atoms with Crippen LogP contribution in [0.2, 0.25) is 5.02 Å². The number of nitrogens with two attached hydrogens (primary N) is 1. The minimum atomic E-state index is -3.92. The molecule has 1 aromatic carbocycles. The van der Waals surface area contributed by atoms with Crippen LogP contribution < -0.4 is 9.88 Å². The van der Waals surface area contributed by atoms with Crippen molar-refractivity contribution in [2.75, 3.05) is 19.4 Å². The fraction of sp³-hybridized carbons (Fsp3) is 0.500. The monoisotopic (exact) mass is 368 g/mol. The Balaban J connectivity index is 2.41. The molecule has 1 fully saturated rings. The molecule has 1 aliphatic heterocycles. The molecule has 2 rings (SSSR count). The van der Waals surface area contributed by atoms with Gasteiger partial charge in [0.2, 0.25) is 20.0 Å². The van der Waals surface area contributed by atoms with Gasteiger partial charge in [-0.15, -0.1) is 0 Å². The predicted octanol–water partition coefficient (Wildman–Crippen LogP) is 0.790. The second-order valence-corrected chi connectivity index (χ2v) is 8.96. The number of ether oxygens (including phenoxy) is 1. The first-order valence-electron chi connectivity index (χ1n) is 6.51. The number of methoxy groups -OCH3 is 1. The number of benzene rings is 1. The summed E-state index contributed by atoms with van der Waals surface area (Å²) in [5.74, 6) is -0.0569. The molecule has 10 heteroatoms. The molecule has 1 saturated heterocycles. The van der Waals surface area contributed by atoms with Gasteiger partial charge in [0.25, 0.3) is 0 Å². The summed E-state index contributed by atoms with van der Waals surface area (Å²) in [6.45, 7) is 0.232. The average molecular weight is 369 g/mol. The number of rotatable bonds is 5. The van der Waals surface area contributed by atoms with E-state index in [2.05, 4.69) is 0 Å². The molecular weight excluding hydrogens is 352 g/mol. The average Bonchev–Trinajstić information content (AvgIpc) is 2.85. The number of nitrogens with zero attached hydrogens (tertiary/aromatic N) is 1. The van der Waals surface area contributed by atoms with Gasteiger partial charge in [-0.1, -0.05) is 11.6 Å². The predicted molar refractivity (Wildman–Crippen MR) is 82.9 cm³/mol. The number of halogens is 1. The van der Waals surface area contributed by atoms with Crippen molar-refractivity contribution in [2.45, 2.75) is 23.8 Å². The topological polar surface area (TPSA) is 107 Å². The third-order valence-electron chi connectivity index (χ3n) is 3.47. The smallest absolute Gasteiger partial charge is 0.244 e. The summed E-state index contributed by atoms with van der Waals surface area (Å²) in [6, 6.07) is 3.62. The Kier molecular flexibility index (Phi) is 5.03. The molecule has 0 saturated carbocycles. The second-order valence-electron chi connectivity index (χ2n) is 5.04. The molecule has 124 valence electrons. The maximum Gasteiger partial charge on any atom is 0.244 e. The summed E-state index contributed by atoms with van der Waals surface area (Å²) in [6.07, 6.45) is 1.01. The lowest BCUT2D eigenvalue weighted by atomic mass is 10.3. The summed E-state index contributed by atoms with van der Waals surface area (Å²) in [4.78, 5) is -0.102. The van der Waals surface area contributed by atoms with Gasteiger partial charge in [-0.2, -0.15) is 4.31 Å². The molecule has 0 bridgehead atoms. The standard InChI is InChI=1S/C12H17ClN2O5S2/c1-20-10-4-5-11(13)12(7-10)22(18,19)15-6-2-3-9(15)8-21(14,16)17/h4-5,7,9H,2-3,6,8H2,1H3,(H2,14,16,17). The van der Waals surface area contributed by atoms with Gasteiger partial charge in [-0.25, -0.2) is 22.0 Å². The van der Waals surface area contributed by atoms with E-state index in [9.17, 15) is 16.8 Å². The van der Waals surface area contributed by atoms with Gasteiger partial charge in [0, 0.05) is 18.7 Å². The summed E-state index contributed by atoms with van der Waals surface area (Å²) in [7, 11) is -6.28. The summed E-state index contributed by atoms with van der Waals surface area (Å²) in [5.41, 5.74) is 0. The third-order valence-corrected chi connectivity index (χ3v) is 6.76. The maximum absolute atomic E-state index is 12.8. The van der Waals surface area contributed by atoms with E-state index in [4.69, 9.17) is 21.5 Å². The Morgan fingerprint density at radius 1 is 1.36 bits per heavy atom. The van der Waals surface area contributed by atoms with Gasteiger partial charge in [0.1, 0.15) is 10.6 Å². The highest BCUT2D eigenvalue weighted by Crippen LogP contribution is 2.32. The van der Waals surface area contributed by atoms with Gasteiger partial charge in [-0.05, 0) is 25.0 Å². The zero-order chi connectivity index (χ0) is 16.5. The molecule has 0 amide bonds. The van der Waals surface area contributed by atoms with E-state index >= 15 is 0 Å². The Labute approximate surface area is 135 Å². The summed E-state index contributed by atoms with van der Waals surface area (Å²) < 4.78 is 54.3. The fourth-order valence-corrected chi connectivity index (χ4v) is 5.66. The first kappa shape index (κ1) is 17.5. The molecule has 0 aromatic heterocycles. The lowest BCUT2D eigenvalue weighted by Gasteiger charge is -2.24. The van der Waals surface area contributed by atoms with Crippen LogP contribution in [0.1, 0.15) is 12.8 Å². The minimum absolute atomic E-state index is 0.0575. The summed E-state index contributed by atoms with van der Waals surface area (Å²) in [5, 5.41) is 5.10. The first-order chi connectivity index (χ1) is 10.1. The molecule has 1 aliphatic rings. The minimum Gasteiger partial charge on any atom is -0.497 e. The van der Waals surface area contributed by atoms with Gasteiger partial charge < -0.3 is 4.74 Å². The Morgan fingerprint density at radius 3 is 2.64 bits per heavy atom. The van der Waals surface area contributed by atoms with Crippen molar-refractivity contribution in [3.8, 4) is 5.75 Å². The lowest BCUT2D eigenvalue weighted by Crippen LogP contribution is -2.41.